The summed E-state index contributed by atoms with van der Waals surface area (Å²) in [6.45, 7) is 0. The highest BCUT2D eigenvalue weighted by Gasteiger charge is 2.14. The zero-order valence-corrected chi connectivity index (χ0v) is 12.0. The highest BCUT2D eigenvalue weighted by atomic mass is 79.9. The van der Waals surface area contributed by atoms with Crippen LogP contribution in [-0.4, -0.2) is 10.1 Å². The first-order valence-corrected chi connectivity index (χ1v) is 6.92. The van der Waals surface area contributed by atoms with Crippen LogP contribution >= 0.6 is 15.9 Å². The minimum Gasteiger partial charge on any atom is -0.384 e. The van der Waals surface area contributed by atoms with Crippen LogP contribution in [0.15, 0.2) is 59.3 Å². The van der Waals surface area contributed by atoms with Crippen molar-refractivity contribution in [3.8, 4) is 0 Å². The van der Waals surface area contributed by atoms with Crippen LogP contribution in [0.25, 0.3) is 10.8 Å². The minimum atomic E-state index is -0.807. The topological polar surface area (TPSA) is 33.1 Å². The Morgan fingerprint density at radius 2 is 2.00 bits per heavy atom. The van der Waals surface area contributed by atoms with Gasteiger partial charge in [-0.1, -0.05) is 24.3 Å². The number of hydrogen-bond acceptors (Lipinski definition) is 2. The molecule has 100 valence electrons. The first-order chi connectivity index (χ1) is 9.66. The molecule has 0 saturated carbocycles. The molecule has 2 aromatic carbocycles. The van der Waals surface area contributed by atoms with Gasteiger partial charge in [0, 0.05) is 17.8 Å². The molecule has 1 aromatic heterocycles. The number of hydrogen-bond donors (Lipinski definition) is 1. The van der Waals surface area contributed by atoms with Gasteiger partial charge in [-0.15, -0.1) is 0 Å². The SMILES string of the molecule is OC(c1ccc(F)c(Br)c1)c1cccc2cnccc12. The van der Waals surface area contributed by atoms with Crippen LogP contribution in [0.1, 0.15) is 17.2 Å². The van der Waals surface area contributed by atoms with Crippen LogP contribution in [0.5, 0.6) is 0 Å². The van der Waals surface area contributed by atoms with Crippen LogP contribution in [0.2, 0.25) is 0 Å². The van der Waals surface area contributed by atoms with Crippen LogP contribution in [-0.2, 0) is 0 Å². The van der Waals surface area contributed by atoms with E-state index >= 15 is 0 Å². The molecule has 0 aliphatic carbocycles. The Bertz CT molecular complexity index is 770. The predicted octanol–water partition coefficient (Wildman–Crippen LogP) is 4.22. The Morgan fingerprint density at radius 1 is 1.15 bits per heavy atom. The summed E-state index contributed by atoms with van der Waals surface area (Å²) in [5.41, 5.74) is 1.42. The fraction of sp³-hybridized carbons (Fsp3) is 0.0625. The number of nitrogens with zero attached hydrogens (tertiary/aromatic N) is 1. The van der Waals surface area contributed by atoms with Gasteiger partial charge in [0.1, 0.15) is 11.9 Å². The molecular formula is C16H11BrFNO. The van der Waals surface area contributed by atoms with Gasteiger partial charge >= 0.3 is 0 Å². The van der Waals surface area contributed by atoms with E-state index in [0.717, 1.165) is 16.3 Å². The maximum atomic E-state index is 13.3. The highest BCUT2D eigenvalue weighted by Crippen LogP contribution is 2.30. The third kappa shape index (κ3) is 2.32. The van der Waals surface area contributed by atoms with Crippen molar-refractivity contribution in [2.24, 2.45) is 0 Å². The number of aliphatic hydroxyl groups excluding tert-OH is 1. The molecular weight excluding hydrogens is 321 g/mol. The molecule has 0 bridgehead atoms. The van der Waals surface area contributed by atoms with E-state index < -0.39 is 6.10 Å². The second kappa shape index (κ2) is 5.31. The summed E-state index contributed by atoms with van der Waals surface area (Å²) in [4.78, 5) is 4.07. The van der Waals surface area contributed by atoms with E-state index in [0.29, 0.717) is 10.0 Å². The molecule has 2 nitrogen and oxygen atoms in total. The first kappa shape index (κ1) is 13.2. The molecule has 0 radical (unpaired) electrons. The van der Waals surface area contributed by atoms with Crippen LogP contribution in [0.3, 0.4) is 0 Å². The Hall–Kier alpha value is -1.78. The molecule has 0 aliphatic heterocycles. The summed E-state index contributed by atoms with van der Waals surface area (Å²) in [5, 5.41) is 12.4. The van der Waals surface area contributed by atoms with Crippen molar-refractivity contribution < 1.29 is 9.50 Å². The molecule has 0 amide bonds. The average molecular weight is 332 g/mol. The maximum Gasteiger partial charge on any atom is 0.137 e. The van der Waals surface area contributed by atoms with Crippen molar-refractivity contribution in [1.82, 2.24) is 4.98 Å². The first-order valence-electron chi connectivity index (χ1n) is 6.12. The average Bonchev–Trinajstić information content (AvgIpc) is 2.49. The molecule has 4 heteroatoms. The fourth-order valence-corrected chi connectivity index (χ4v) is 2.64. The van der Waals surface area contributed by atoms with E-state index in [9.17, 15) is 9.50 Å². The van der Waals surface area contributed by atoms with Gasteiger partial charge in [0.25, 0.3) is 0 Å². The second-order valence-corrected chi connectivity index (χ2v) is 5.37. The van der Waals surface area contributed by atoms with Gasteiger partial charge in [-0.05, 0) is 50.6 Å². The van der Waals surface area contributed by atoms with Crippen LogP contribution < -0.4 is 0 Å². The monoisotopic (exact) mass is 331 g/mol. The van der Waals surface area contributed by atoms with Crippen LogP contribution in [0, 0.1) is 5.82 Å². The Morgan fingerprint density at radius 3 is 2.80 bits per heavy atom. The molecule has 1 N–H and O–H groups in total. The Balaban J connectivity index is 2.12. The third-order valence-electron chi connectivity index (χ3n) is 3.27. The lowest BCUT2D eigenvalue weighted by Crippen LogP contribution is -2.01. The van der Waals surface area contributed by atoms with Crippen molar-refractivity contribution in [3.05, 3.63) is 76.3 Å². The summed E-state index contributed by atoms with van der Waals surface area (Å²) < 4.78 is 13.6. The van der Waals surface area contributed by atoms with E-state index in [1.807, 2.05) is 24.3 Å². The van der Waals surface area contributed by atoms with Gasteiger partial charge in [0.15, 0.2) is 0 Å². The van der Waals surface area contributed by atoms with Crippen molar-refractivity contribution in [1.29, 1.82) is 0 Å². The number of halogens is 2. The van der Waals surface area contributed by atoms with Crippen molar-refractivity contribution in [2.75, 3.05) is 0 Å². The zero-order valence-electron chi connectivity index (χ0n) is 10.4. The molecule has 0 spiro atoms. The molecule has 20 heavy (non-hydrogen) atoms. The predicted molar refractivity (Wildman–Crippen MR) is 79.9 cm³/mol. The molecule has 1 unspecified atom stereocenters. The molecule has 0 aliphatic rings. The van der Waals surface area contributed by atoms with Gasteiger partial charge in [0.05, 0.1) is 4.47 Å². The number of fused-ring (bicyclic) bond motifs is 1. The standard InChI is InChI=1S/C16H11BrFNO/c17-14-8-10(4-5-15(14)18)16(20)13-3-1-2-11-9-19-7-6-12(11)13/h1-9,16,20H. The van der Waals surface area contributed by atoms with Crippen molar-refractivity contribution >= 4 is 26.7 Å². The minimum absolute atomic E-state index is 0.343. The summed E-state index contributed by atoms with van der Waals surface area (Å²) in [6.07, 6.45) is 2.64. The number of aromatic nitrogens is 1. The summed E-state index contributed by atoms with van der Waals surface area (Å²) in [7, 11) is 0. The smallest absolute Gasteiger partial charge is 0.137 e. The van der Waals surface area contributed by atoms with Crippen molar-refractivity contribution in [3.63, 3.8) is 0 Å². The molecule has 1 atom stereocenters. The quantitative estimate of drug-likeness (QED) is 0.762. The molecule has 3 rings (SSSR count). The van der Waals surface area contributed by atoms with Crippen LogP contribution in [0.4, 0.5) is 4.39 Å². The third-order valence-corrected chi connectivity index (χ3v) is 3.88. The Kier molecular flexibility index (Phi) is 3.51. The summed E-state index contributed by atoms with van der Waals surface area (Å²) in [6, 6.07) is 12.1. The van der Waals surface area contributed by atoms with Crippen molar-refractivity contribution in [2.45, 2.75) is 6.10 Å². The number of rotatable bonds is 2. The lowest BCUT2D eigenvalue weighted by Gasteiger charge is -2.14. The molecule has 1 heterocycles. The largest absolute Gasteiger partial charge is 0.384 e. The van der Waals surface area contributed by atoms with E-state index in [2.05, 4.69) is 20.9 Å². The number of benzene rings is 2. The Labute approximate surface area is 124 Å². The maximum absolute atomic E-state index is 13.3. The summed E-state index contributed by atoms with van der Waals surface area (Å²) >= 11 is 3.14. The van der Waals surface area contributed by atoms with Gasteiger partial charge in [-0.25, -0.2) is 4.39 Å². The van der Waals surface area contributed by atoms with Gasteiger partial charge < -0.3 is 5.11 Å². The molecule has 0 saturated heterocycles. The van der Waals surface area contributed by atoms with E-state index in [-0.39, 0.29) is 5.82 Å². The van der Waals surface area contributed by atoms with E-state index in [1.54, 1.807) is 24.5 Å². The van der Waals surface area contributed by atoms with Gasteiger partial charge in [-0.2, -0.15) is 0 Å². The van der Waals surface area contributed by atoms with Gasteiger partial charge in [-0.3, -0.25) is 4.98 Å². The number of aliphatic hydroxyl groups is 1. The summed E-state index contributed by atoms with van der Waals surface area (Å²) in [5.74, 6) is -0.344. The number of pyridine rings is 1. The van der Waals surface area contributed by atoms with Gasteiger partial charge in [0.2, 0.25) is 0 Å². The molecule has 3 aromatic rings. The highest BCUT2D eigenvalue weighted by molar-refractivity contribution is 9.10. The lowest BCUT2D eigenvalue weighted by molar-refractivity contribution is 0.221. The van der Waals surface area contributed by atoms with E-state index in [4.69, 9.17) is 0 Å². The normalized spacial score (nSPS) is 12.6. The fourth-order valence-electron chi connectivity index (χ4n) is 2.25. The van der Waals surface area contributed by atoms with E-state index in [1.165, 1.54) is 6.07 Å². The lowest BCUT2D eigenvalue weighted by atomic mass is 9.97. The molecule has 0 fully saturated rings. The zero-order chi connectivity index (χ0) is 14.1. The second-order valence-electron chi connectivity index (χ2n) is 4.52.